The number of aryl methyl sites for hydroxylation is 1. The van der Waals surface area contributed by atoms with Gasteiger partial charge in [0.05, 0.1) is 10.0 Å². The molecule has 0 aliphatic carbocycles. The van der Waals surface area contributed by atoms with Gasteiger partial charge in [0.15, 0.2) is 0 Å². The highest BCUT2D eigenvalue weighted by Crippen LogP contribution is 2.39. The van der Waals surface area contributed by atoms with Crippen molar-refractivity contribution in [1.29, 1.82) is 0 Å². The molecule has 0 unspecified atom stereocenters. The number of thiol groups is 1. The van der Waals surface area contributed by atoms with E-state index in [0.29, 0.717) is 27.1 Å². The van der Waals surface area contributed by atoms with E-state index >= 15 is 0 Å². The van der Waals surface area contributed by atoms with Gasteiger partial charge in [-0.25, -0.2) is 0 Å². The summed E-state index contributed by atoms with van der Waals surface area (Å²) in [6, 6.07) is 4.05. The zero-order chi connectivity index (χ0) is 23.8. The number of aromatic nitrogens is 1. The molecule has 3 nitrogen and oxygen atoms in total. The standard InChI is InChI=1S/C23H36Cl2N2.C2H4OS/c1-16(2)18-14-27(21-13-20(25)19(24)12-17(18)21)11-9-23(5,6)15-22(3,4)8-10-26-7;3-1-2-4/h12-14,16,26H,8-11,15H2,1-7H3;1,4H,2H2. The van der Waals surface area contributed by atoms with Gasteiger partial charge in [0.1, 0.15) is 6.29 Å². The zero-order valence-electron chi connectivity index (χ0n) is 20.2. The molecule has 0 saturated heterocycles. The summed E-state index contributed by atoms with van der Waals surface area (Å²) in [4.78, 5) is 9.10. The minimum Gasteiger partial charge on any atom is -0.347 e. The topological polar surface area (TPSA) is 34.0 Å². The largest absolute Gasteiger partial charge is 0.347 e. The van der Waals surface area contributed by atoms with E-state index in [2.05, 4.69) is 70.3 Å². The second-order valence-corrected chi connectivity index (χ2v) is 11.4. The van der Waals surface area contributed by atoms with Crippen LogP contribution < -0.4 is 5.32 Å². The van der Waals surface area contributed by atoms with Crippen molar-refractivity contribution in [3.8, 4) is 0 Å². The Balaban J connectivity index is 0.00000110. The van der Waals surface area contributed by atoms with Crippen molar-refractivity contribution in [2.75, 3.05) is 19.3 Å². The van der Waals surface area contributed by atoms with Crippen LogP contribution in [0, 0.1) is 10.8 Å². The van der Waals surface area contributed by atoms with Gasteiger partial charge in [-0.1, -0.05) is 64.7 Å². The van der Waals surface area contributed by atoms with Gasteiger partial charge < -0.3 is 14.7 Å². The van der Waals surface area contributed by atoms with E-state index in [1.807, 2.05) is 19.2 Å². The molecule has 2 aromatic rings. The predicted molar refractivity (Wildman–Crippen MR) is 141 cm³/mol. The van der Waals surface area contributed by atoms with Crippen LogP contribution in [0.4, 0.5) is 0 Å². The number of nitrogens with one attached hydrogen (secondary N) is 1. The maximum absolute atomic E-state index is 9.10. The SMILES string of the molecule is CNCCC(C)(C)CC(C)(C)CCn1cc(C(C)C)c2cc(Cl)c(Cl)cc21.O=CCS. The lowest BCUT2D eigenvalue weighted by atomic mass is 9.72. The van der Waals surface area contributed by atoms with Gasteiger partial charge in [-0.2, -0.15) is 12.6 Å². The summed E-state index contributed by atoms with van der Waals surface area (Å²) in [5.41, 5.74) is 3.15. The molecule has 1 aromatic heterocycles. The van der Waals surface area contributed by atoms with Crippen LogP contribution in [-0.2, 0) is 11.3 Å². The van der Waals surface area contributed by atoms with Crippen molar-refractivity contribution in [1.82, 2.24) is 9.88 Å². The number of benzene rings is 1. The molecule has 31 heavy (non-hydrogen) atoms. The molecule has 2 rings (SSSR count). The predicted octanol–water partition coefficient (Wildman–Crippen LogP) is 7.63. The number of nitrogens with zero attached hydrogens (tertiary/aromatic N) is 1. The first-order valence-electron chi connectivity index (χ1n) is 11.0. The van der Waals surface area contributed by atoms with E-state index in [1.165, 1.54) is 29.3 Å². The number of rotatable bonds is 10. The molecule has 0 bridgehead atoms. The lowest BCUT2D eigenvalue weighted by molar-refractivity contribution is -0.105. The Bertz CT molecular complexity index is 844. The minimum absolute atomic E-state index is 0.280. The number of fused-ring (bicyclic) bond motifs is 1. The summed E-state index contributed by atoms with van der Waals surface area (Å²) in [6.45, 7) is 16.1. The van der Waals surface area contributed by atoms with E-state index in [4.69, 9.17) is 28.0 Å². The molecule has 176 valence electrons. The van der Waals surface area contributed by atoms with Gasteiger partial charge in [0.2, 0.25) is 0 Å². The lowest BCUT2D eigenvalue weighted by Gasteiger charge is -2.35. The third-order valence-electron chi connectivity index (χ3n) is 5.69. The Morgan fingerprint density at radius 1 is 1.10 bits per heavy atom. The number of hydrogen-bond acceptors (Lipinski definition) is 3. The third-order valence-corrected chi connectivity index (χ3v) is 6.56. The molecule has 0 spiro atoms. The number of halogens is 2. The minimum atomic E-state index is 0.280. The highest BCUT2D eigenvalue weighted by molar-refractivity contribution is 7.80. The van der Waals surface area contributed by atoms with Crippen molar-refractivity contribution < 1.29 is 4.79 Å². The molecule has 0 aliphatic heterocycles. The Labute approximate surface area is 204 Å². The maximum Gasteiger partial charge on any atom is 0.129 e. The van der Waals surface area contributed by atoms with Crippen molar-refractivity contribution in [2.24, 2.45) is 10.8 Å². The van der Waals surface area contributed by atoms with Crippen LogP contribution in [0.25, 0.3) is 10.9 Å². The van der Waals surface area contributed by atoms with Crippen LogP contribution in [0.3, 0.4) is 0 Å². The fourth-order valence-electron chi connectivity index (χ4n) is 4.32. The molecule has 0 atom stereocenters. The van der Waals surface area contributed by atoms with Crippen molar-refractivity contribution >= 4 is 53.0 Å². The fourth-order valence-corrected chi connectivity index (χ4v) is 4.64. The summed E-state index contributed by atoms with van der Waals surface area (Å²) >= 11 is 16.2. The smallest absolute Gasteiger partial charge is 0.129 e. The lowest BCUT2D eigenvalue weighted by Crippen LogP contribution is -2.27. The maximum atomic E-state index is 9.10. The fraction of sp³-hybridized carbons (Fsp3) is 0.640. The van der Waals surface area contributed by atoms with Gasteiger partial charge in [0, 0.05) is 29.4 Å². The quantitative estimate of drug-likeness (QED) is 0.267. The molecule has 0 fully saturated rings. The van der Waals surface area contributed by atoms with E-state index in [-0.39, 0.29) is 5.41 Å². The van der Waals surface area contributed by atoms with E-state index in [9.17, 15) is 0 Å². The average molecular weight is 488 g/mol. The molecule has 1 aromatic carbocycles. The molecule has 1 heterocycles. The molecule has 6 heteroatoms. The number of hydrogen-bond donors (Lipinski definition) is 2. The summed E-state index contributed by atoms with van der Waals surface area (Å²) in [5.74, 6) is 0.791. The summed E-state index contributed by atoms with van der Waals surface area (Å²) in [5, 5.41) is 5.78. The van der Waals surface area contributed by atoms with Crippen LogP contribution in [0.2, 0.25) is 10.0 Å². The molecule has 0 saturated carbocycles. The average Bonchev–Trinajstić information content (AvgIpc) is 3.02. The first-order valence-corrected chi connectivity index (χ1v) is 12.4. The van der Waals surface area contributed by atoms with Gasteiger partial charge >= 0.3 is 0 Å². The summed E-state index contributed by atoms with van der Waals surface area (Å²) < 4.78 is 2.37. The molecule has 1 N–H and O–H groups in total. The highest BCUT2D eigenvalue weighted by atomic mass is 35.5. The second kappa shape index (κ2) is 12.5. The van der Waals surface area contributed by atoms with E-state index in [0.717, 1.165) is 25.8 Å². The normalized spacial score (nSPS) is 12.2. The Morgan fingerprint density at radius 2 is 1.65 bits per heavy atom. The Morgan fingerprint density at radius 3 is 2.16 bits per heavy atom. The van der Waals surface area contributed by atoms with Crippen LogP contribution in [-0.4, -0.2) is 30.2 Å². The first-order chi connectivity index (χ1) is 14.4. The summed E-state index contributed by atoms with van der Waals surface area (Å²) in [7, 11) is 2.03. The van der Waals surface area contributed by atoms with Crippen molar-refractivity contribution in [3.63, 3.8) is 0 Å². The zero-order valence-corrected chi connectivity index (χ0v) is 22.6. The summed E-state index contributed by atoms with van der Waals surface area (Å²) in [6.07, 6.45) is 6.58. The Hall–Kier alpha value is -0.680. The number of aldehydes is 1. The van der Waals surface area contributed by atoms with Crippen LogP contribution in [0.5, 0.6) is 0 Å². The first kappa shape index (κ1) is 28.4. The van der Waals surface area contributed by atoms with Crippen LogP contribution in [0.15, 0.2) is 18.3 Å². The second-order valence-electron chi connectivity index (χ2n) is 10.2. The van der Waals surface area contributed by atoms with Gasteiger partial charge in [-0.15, -0.1) is 0 Å². The monoisotopic (exact) mass is 486 g/mol. The van der Waals surface area contributed by atoms with Gasteiger partial charge in [-0.05, 0) is 67.3 Å². The number of carbonyl (C=O) groups excluding carboxylic acids is 1. The van der Waals surface area contributed by atoms with Crippen LogP contribution in [0.1, 0.15) is 72.3 Å². The van der Waals surface area contributed by atoms with Gasteiger partial charge in [0.25, 0.3) is 0 Å². The van der Waals surface area contributed by atoms with E-state index in [1.54, 1.807) is 0 Å². The third kappa shape index (κ3) is 9.00. The van der Waals surface area contributed by atoms with Gasteiger partial charge in [-0.3, -0.25) is 0 Å². The molecule has 0 aliphatic rings. The molecule has 0 amide bonds. The number of carbonyl (C=O) groups is 1. The molecular weight excluding hydrogens is 447 g/mol. The van der Waals surface area contributed by atoms with Crippen LogP contribution >= 0.6 is 35.8 Å². The van der Waals surface area contributed by atoms with Crippen molar-refractivity contribution in [2.45, 2.75) is 73.3 Å². The Kier molecular flexibility index (Phi) is 11.5. The molecule has 0 radical (unpaired) electrons. The highest BCUT2D eigenvalue weighted by Gasteiger charge is 2.28. The van der Waals surface area contributed by atoms with E-state index < -0.39 is 0 Å². The van der Waals surface area contributed by atoms with Crippen molar-refractivity contribution in [3.05, 3.63) is 33.9 Å². The molecular formula is C25H40Cl2N2OS.